The number of carbonyl (C=O) groups is 1. The lowest BCUT2D eigenvalue weighted by atomic mass is 9.99. The van der Waals surface area contributed by atoms with Gasteiger partial charge in [0.05, 0.1) is 25.4 Å². The molecule has 504 valence electrons. The number of hydrogen-bond donors (Lipinski definition) is 6. The van der Waals surface area contributed by atoms with E-state index in [-0.39, 0.29) is 12.5 Å². The normalized spacial score (nSPS) is 18.1. The summed E-state index contributed by atoms with van der Waals surface area (Å²) in [5, 5.41) is 54.8. The molecule has 0 aromatic rings. The Morgan fingerprint density at radius 1 is 0.388 bits per heavy atom. The zero-order valence-corrected chi connectivity index (χ0v) is 56.7. The Kier molecular flexibility index (Phi) is 63.1. The molecule has 1 saturated heterocycles. The second kappa shape index (κ2) is 65.6. The highest BCUT2D eigenvalue weighted by atomic mass is 16.7. The van der Waals surface area contributed by atoms with Gasteiger partial charge in [-0.15, -0.1) is 0 Å². The van der Waals surface area contributed by atoms with Gasteiger partial charge in [0.1, 0.15) is 24.4 Å². The van der Waals surface area contributed by atoms with Gasteiger partial charge < -0.3 is 40.3 Å². The fraction of sp³-hybridized carbons (Fsp3) is 0.934. The van der Waals surface area contributed by atoms with Crippen molar-refractivity contribution < 1.29 is 39.8 Å². The molecule has 1 heterocycles. The van der Waals surface area contributed by atoms with Crippen LogP contribution in [0.15, 0.2) is 24.3 Å². The van der Waals surface area contributed by atoms with Crippen molar-refractivity contribution in [2.75, 3.05) is 13.2 Å². The molecule has 85 heavy (non-hydrogen) atoms. The van der Waals surface area contributed by atoms with Crippen LogP contribution in [0.5, 0.6) is 0 Å². The van der Waals surface area contributed by atoms with Crippen LogP contribution in [0.2, 0.25) is 0 Å². The van der Waals surface area contributed by atoms with Crippen molar-refractivity contribution in [3.63, 3.8) is 0 Å². The molecule has 0 bridgehead atoms. The van der Waals surface area contributed by atoms with Crippen LogP contribution in [0.25, 0.3) is 0 Å². The molecule has 1 rings (SSSR count). The third-order valence-corrected chi connectivity index (χ3v) is 18.5. The van der Waals surface area contributed by atoms with Gasteiger partial charge in [-0.05, 0) is 32.1 Å². The van der Waals surface area contributed by atoms with Crippen molar-refractivity contribution in [2.24, 2.45) is 0 Å². The van der Waals surface area contributed by atoms with E-state index in [2.05, 4.69) is 31.3 Å². The smallest absolute Gasteiger partial charge is 0.220 e. The number of aliphatic hydroxyl groups is 5. The summed E-state index contributed by atoms with van der Waals surface area (Å²) in [5.74, 6) is -0.177. The number of carbonyl (C=O) groups excluding carboxylic acids is 1. The summed E-state index contributed by atoms with van der Waals surface area (Å²) in [6.45, 7) is 3.83. The highest BCUT2D eigenvalue weighted by molar-refractivity contribution is 5.76. The number of unbranched alkanes of at least 4 members (excludes halogenated alkanes) is 56. The molecule has 0 radical (unpaired) electrons. The first-order valence-electron chi connectivity index (χ1n) is 38.1. The minimum Gasteiger partial charge on any atom is -0.394 e. The van der Waals surface area contributed by atoms with Gasteiger partial charge in [-0.1, -0.05) is 385 Å². The number of allylic oxidation sites excluding steroid dienone is 3. The summed E-state index contributed by atoms with van der Waals surface area (Å²) in [4.78, 5) is 13.1. The van der Waals surface area contributed by atoms with E-state index in [4.69, 9.17) is 9.47 Å². The molecule has 0 aliphatic carbocycles. The Balaban J connectivity index is 2.10. The number of nitrogens with one attached hydrogen (secondary N) is 1. The zero-order chi connectivity index (χ0) is 61.4. The van der Waals surface area contributed by atoms with E-state index in [1.54, 1.807) is 6.08 Å². The van der Waals surface area contributed by atoms with E-state index in [1.807, 2.05) is 6.08 Å². The van der Waals surface area contributed by atoms with E-state index in [0.29, 0.717) is 6.42 Å². The second-order valence-electron chi connectivity index (χ2n) is 26.8. The number of rotatable bonds is 68. The summed E-state index contributed by atoms with van der Waals surface area (Å²) in [5.41, 5.74) is 0. The zero-order valence-electron chi connectivity index (χ0n) is 56.7. The Morgan fingerprint density at radius 2 is 0.671 bits per heavy atom. The minimum atomic E-state index is -1.57. The quantitative estimate of drug-likeness (QED) is 0.0261. The minimum absolute atomic E-state index is 0.177. The van der Waals surface area contributed by atoms with Crippen molar-refractivity contribution in [3.05, 3.63) is 24.3 Å². The van der Waals surface area contributed by atoms with Gasteiger partial charge in [0.25, 0.3) is 0 Å². The highest BCUT2D eigenvalue weighted by Crippen LogP contribution is 2.24. The molecule has 0 saturated carbocycles. The molecule has 9 heteroatoms. The van der Waals surface area contributed by atoms with Gasteiger partial charge in [0.15, 0.2) is 6.29 Å². The lowest BCUT2D eigenvalue weighted by Gasteiger charge is -2.40. The highest BCUT2D eigenvalue weighted by Gasteiger charge is 2.44. The molecule has 9 nitrogen and oxygen atoms in total. The van der Waals surface area contributed by atoms with Gasteiger partial charge >= 0.3 is 0 Å². The van der Waals surface area contributed by atoms with Crippen LogP contribution in [0.3, 0.4) is 0 Å². The molecule has 0 aromatic carbocycles. The van der Waals surface area contributed by atoms with Gasteiger partial charge in [-0.3, -0.25) is 4.79 Å². The number of hydrogen-bond acceptors (Lipinski definition) is 8. The van der Waals surface area contributed by atoms with Gasteiger partial charge in [-0.2, -0.15) is 0 Å². The summed E-state index contributed by atoms with van der Waals surface area (Å²) >= 11 is 0. The fourth-order valence-electron chi connectivity index (χ4n) is 12.6. The summed E-state index contributed by atoms with van der Waals surface area (Å²) in [6.07, 6.45) is 80.4. The predicted octanol–water partition coefficient (Wildman–Crippen LogP) is 21.2. The predicted molar refractivity (Wildman–Crippen MR) is 364 cm³/mol. The van der Waals surface area contributed by atoms with Crippen molar-refractivity contribution in [3.8, 4) is 0 Å². The van der Waals surface area contributed by atoms with Crippen molar-refractivity contribution in [2.45, 2.75) is 442 Å². The van der Waals surface area contributed by atoms with Crippen LogP contribution in [0, 0.1) is 0 Å². The lowest BCUT2D eigenvalue weighted by molar-refractivity contribution is -0.302. The molecule has 7 atom stereocenters. The molecular weight excluding hydrogens is 1050 g/mol. The van der Waals surface area contributed by atoms with Crippen LogP contribution in [0.1, 0.15) is 399 Å². The van der Waals surface area contributed by atoms with E-state index >= 15 is 0 Å². The van der Waals surface area contributed by atoms with Crippen molar-refractivity contribution in [1.29, 1.82) is 0 Å². The second-order valence-corrected chi connectivity index (χ2v) is 26.8. The number of amides is 1. The van der Waals surface area contributed by atoms with E-state index < -0.39 is 49.5 Å². The maximum atomic E-state index is 13.1. The molecule has 1 amide bonds. The topological polar surface area (TPSA) is 149 Å². The average molecular weight is 1200 g/mol. The molecule has 0 spiro atoms. The largest absolute Gasteiger partial charge is 0.394 e. The lowest BCUT2D eigenvalue weighted by Crippen LogP contribution is -2.60. The van der Waals surface area contributed by atoms with Crippen LogP contribution < -0.4 is 5.32 Å². The van der Waals surface area contributed by atoms with Crippen LogP contribution >= 0.6 is 0 Å². The first-order chi connectivity index (χ1) is 41.8. The van der Waals surface area contributed by atoms with E-state index in [9.17, 15) is 30.3 Å². The molecule has 0 aromatic heterocycles. The Bertz CT molecular complexity index is 1390. The molecule has 1 fully saturated rings. The summed E-state index contributed by atoms with van der Waals surface area (Å²) in [6, 6.07) is -0.821. The molecule has 1 aliphatic heterocycles. The fourth-order valence-corrected chi connectivity index (χ4v) is 12.6. The van der Waals surface area contributed by atoms with Crippen LogP contribution in [-0.4, -0.2) is 87.5 Å². The summed E-state index contributed by atoms with van der Waals surface area (Å²) in [7, 11) is 0. The van der Waals surface area contributed by atoms with Gasteiger partial charge in [0.2, 0.25) is 5.91 Å². The molecular formula is C76H147NO8. The number of aliphatic hydroxyl groups excluding tert-OH is 5. The van der Waals surface area contributed by atoms with Gasteiger partial charge in [-0.25, -0.2) is 0 Å². The molecule has 7 unspecified atom stereocenters. The van der Waals surface area contributed by atoms with Crippen molar-refractivity contribution in [1.82, 2.24) is 5.32 Å². The Morgan fingerprint density at radius 3 is 0.988 bits per heavy atom. The molecule has 6 N–H and O–H groups in total. The third kappa shape index (κ3) is 54.2. The molecule has 1 aliphatic rings. The first kappa shape index (κ1) is 81.7. The maximum Gasteiger partial charge on any atom is 0.220 e. The Labute approximate surface area is 528 Å². The first-order valence-corrected chi connectivity index (χ1v) is 38.1. The van der Waals surface area contributed by atoms with E-state index in [0.717, 1.165) is 38.5 Å². The van der Waals surface area contributed by atoms with Crippen molar-refractivity contribution >= 4 is 5.91 Å². The van der Waals surface area contributed by atoms with Gasteiger partial charge in [0, 0.05) is 6.42 Å². The average Bonchev–Trinajstić information content (AvgIpc) is 3.71. The monoisotopic (exact) mass is 1200 g/mol. The number of ether oxygens (including phenoxy) is 2. The SMILES string of the molecule is CCCCCCCCCCCCCCCCCCCCCCCCCC/C=C/CC/C=C/C(O)C(COC1OC(CO)C(O)C(O)C1O)NC(=O)CCCCCCCCCCCCCCCCCCCCCCCCCCCCCCCCCC. The standard InChI is InChI=1S/C76H147NO8/c1-3-5-7-9-11-13-15-17-19-21-23-25-27-29-31-33-35-36-38-40-42-44-46-48-50-52-54-56-58-60-62-64-66-72(80)77-69(68-84-76-75(83)74(82)73(81)71(67-78)85-76)70(79)65-63-61-59-57-55-53-51-49-47-45-43-41-39-37-34-32-30-28-26-24-22-20-18-16-14-12-10-8-6-4-2/h55,57,63,65,69-71,73-76,78-79,81-83H,3-54,56,58-62,64,66-68H2,1-2H3,(H,77,80)/b57-55+,65-63+. The Hall–Kier alpha value is -1.33. The van der Waals surface area contributed by atoms with E-state index in [1.165, 1.54) is 340 Å². The van der Waals surface area contributed by atoms with Crippen LogP contribution in [0.4, 0.5) is 0 Å². The summed E-state index contributed by atoms with van der Waals surface area (Å²) < 4.78 is 11.3. The third-order valence-electron chi connectivity index (χ3n) is 18.5. The van der Waals surface area contributed by atoms with Crippen LogP contribution in [-0.2, 0) is 14.3 Å². The maximum absolute atomic E-state index is 13.1.